The number of anilines is 1. The number of hydrogen-bond acceptors (Lipinski definition) is 5. The first kappa shape index (κ1) is 20.8. The quantitative estimate of drug-likeness (QED) is 0.495. The predicted molar refractivity (Wildman–Crippen MR) is 122 cm³/mol. The fraction of sp³-hybridized carbons (Fsp3) is 0.261. The maximum Gasteiger partial charge on any atom is 0.327 e. The van der Waals surface area contributed by atoms with Gasteiger partial charge < -0.3 is 9.73 Å². The minimum atomic E-state index is -0.767. The summed E-state index contributed by atoms with van der Waals surface area (Å²) >= 11 is 12.4. The molecule has 2 aromatic heterocycles. The van der Waals surface area contributed by atoms with Gasteiger partial charge in [-0.15, -0.1) is 0 Å². The Morgan fingerprint density at radius 2 is 1.81 bits per heavy atom. The van der Waals surface area contributed by atoms with Crippen molar-refractivity contribution in [3.05, 3.63) is 83.8 Å². The number of carbonyl (C=O) groups is 1. The fourth-order valence-electron chi connectivity index (χ4n) is 4.57. The lowest BCUT2D eigenvalue weighted by Crippen LogP contribution is -2.38. The molecule has 32 heavy (non-hydrogen) atoms. The van der Waals surface area contributed by atoms with Crippen molar-refractivity contribution < 1.29 is 9.21 Å². The number of furan rings is 1. The van der Waals surface area contributed by atoms with Gasteiger partial charge in [0.15, 0.2) is 5.78 Å². The van der Waals surface area contributed by atoms with Gasteiger partial charge in [0.1, 0.15) is 17.3 Å². The van der Waals surface area contributed by atoms with Crippen LogP contribution >= 0.6 is 23.2 Å². The number of allylic oxidation sites excluding steroid dienone is 2. The first-order valence-electron chi connectivity index (χ1n) is 10.1. The summed E-state index contributed by atoms with van der Waals surface area (Å²) in [7, 11) is 0. The number of halogens is 2. The van der Waals surface area contributed by atoms with Crippen LogP contribution in [0.2, 0.25) is 10.0 Å². The van der Waals surface area contributed by atoms with Crippen molar-refractivity contribution in [2.24, 2.45) is 5.41 Å². The van der Waals surface area contributed by atoms with Crippen molar-refractivity contribution in [1.29, 1.82) is 0 Å². The van der Waals surface area contributed by atoms with E-state index in [0.717, 1.165) is 0 Å². The largest absolute Gasteiger partial charge is 0.460 e. The van der Waals surface area contributed by atoms with Crippen LogP contribution in [0.15, 0.2) is 55.6 Å². The van der Waals surface area contributed by atoms with Gasteiger partial charge in [-0.1, -0.05) is 37.0 Å². The van der Waals surface area contributed by atoms with Crippen LogP contribution in [-0.4, -0.2) is 15.8 Å². The Bertz CT molecular complexity index is 1430. The van der Waals surface area contributed by atoms with E-state index in [2.05, 4.69) is 15.3 Å². The molecule has 1 aliphatic heterocycles. The molecule has 1 aliphatic carbocycles. The van der Waals surface area contributed by atoms with Gasteiger partial charge in [-0.3, -0.25) is 19.6 Å². The van der Waals surface area contributed by atoms with Crippen LogP contribution in [0.25, 0.3) is 11.3 Å². The summed E-state index contributed by atoms with van der Waals surface area (Å²) in [6.07, 6.45) is 0.931. The topological polar surface area (TPSA) is 108 Å². The molecule has 3 heterocycles. The molecule has 164 valence electrons. The van der Waals surface area contributed by atoms with E-state index in [0.29, 0.717) is 51.2 Å². The summed E-state index contributed by atoms with van der Waals surface area (Å²) in [5.74, 6) is 0.295. The predicted octanol–water partition coefficient (Wildman–Crippen LogP) is 4.83. The molecular weight excluding hydrogens is 453 g/mol. The number of nitrogens with one attached hydrogen (secondary N) is 3. The molecular formula is C23H19Cl2N3O4. The van der Waals surface area contributed by atoms with Gasteiger partial charge in [-0.2, -0.15) is 0 Å². The Labute approximate surface area is 192 Å². The number of H-pyrrole nitrogens is 2. The second-order valence-electron chi connectivity index (χ2n) is 8.91. The minimum absolute atomic E-state index is 0.0660. The monoisotopic (exact) mass is 471 g/mol. The first-order valence-corrected chi connectivity index (χ1v) is 10.8. The number of Topliss-reactive ketones (excluding diaryl/α,β-unsaturated/α-hetero) is 1. The average Bonchev–Trinajstić information content (AvgIpc) is 3.16. The molecule has 0 saturated carbocycles. The van der Waals surface area contributed by atoms with Crippen LogP contribution in [0.1, 0.15) is 43.9 Å². The van der Waals surface area contributed by atoms with Crippen molar-refractivity contribution in [2.75, 3.05) is 5.32 Å². The number of aromatic amines is 2. The number of fused-ring (bicyclic) bond motifs is 1. The minimum Gasteiger partial charge on any atom is -0.460 e. The maximum absolute atomic E-state index is 13.2. The lowest BCUT2D eigenvalue weighted by atomic mass is 9.70. The highest BCUT2D eigenvalue weighted by Gasteiger charge is 2.43. The molecule has 2 aliphatic rings. The number of benzene rings is 1. The van der Waals surface area contributed by atoms with E-state index in [1.165, 1.54) is 0 Å². The zero-order valence-corrected chi connectivity index (χ0v) is 18.8. The zero-order chi connectivity index (χ0) is 22.8. The molecule has 0 saturated heterocycles. The van der Waals surface area contributed by atoms with Crippen molar-refractivity contribution in [1.82, 2.24) is 9.97 Å². The molecule has 3 N–H and O–H groups in total. The third kappa shape index (κ3) is 3.42. The van der Waals surface area contributed by atoms with Gasteiger partial charge in [0.25, 0.3) is 5.56 Å². The number of carbonyl (C=O) groups excluding carboxylic acids is 1. The average molecular weight is 472 g/mol. The standard InChI is InChI=1S/C23H19Cl2N3O4/c1-23(2)8-13-17(14(29)9-23)18(19-20(26-13)27-22(31)28-21(19)30)16-6-5-15(32-16)11-7-10(24)3-4-12(11)25/h3-7,18H,8-9H2,1-2H3,(H3,26,27,28,30,31)/t18-/m0/s1. The second kappa shape index (κ2) is 7.25. The molecule has 1 atom stereocenters. The summed E-state index contributed by atoms with van der Waals surface area (Å²) in [6.45, 7) is 4.02. The van der Waals surface area contributed by atoms with E-state index in [1.807, 2.05) is 13.8 Å². The van der Waals surface area contributed by atoms with Gasteiger partial charge in [-0.25, -0.2) is 4.79 Å². The highest BCUT2D eigenvalue weighted by Crippen LogP contribution is 2.48. The van der Waals surface area contributed by atoms with E-state index in [1.54, 1.807) is 30.3 Å². The number of rotatable bonds is 2. The van der Waals surface area contributed by atoms with Gasteiger partial charge in [-0.05, 0) is 42.2 Å². The molecule has 0 radical (unpaired) electrons. The molecule has 1 aromatic carbocycles. The van der Waals surface area contributed by atoms with Crippen LogP contribution < -0.4 is 16.6 Å². The van der Waals surface area contributed by atoms with E-state index in [-0.39, 0.29) is 22.6 Å². The Balaban J connectivity index is 1.72. The lowest BCUT2D eigenvalue weighted by Gasteiger charge is -2.37. The second-order valence-corrected chi connectivity index (χ2v) is 9.76. The Kier molecular flexibility index (Phi) is 4.72. The normalized spacial score (nSPS) is 19.4. The van der Waals surface area contributed by atoms with Gasteiger partial charge >= 0.3 is 5.69 Å². The number of hydrogen-bond donors (Lipinski definition) is 3. The first-order chi connectivity index (χ1) is 15.1. The highest BCUT2D eigenvalue weighted by molar-refractivity contribution is 6.35. The highest BCUT2D eigenvalue weighted by atomic mass is 35.5. The Morgan fingerprint density at radius 3 is 2.59 bits per heavy atom. The van der Waals surface area contributed by atoms with E-state index < -0.39 is 17.2 Å². The molecule has 5 rings (SSSR count). The molecule has 0 amide bonds. The summed E-state index contributed by atoms with van der Waals surface area (Å²) in [6, 6.07) is 8.48. The fourth-order valence-corrected chi connectivity index (χ4v) is 4.95. The Hall–Kier alpha value is -3.03. The third-order valence-corrected chi connectivity index (χ3v) is 6.42. The summed E-state index contributed by atoms with van der Waals surface area (Å²) in [5.41, 5.74) is 0.529. The van der Waals surface area contributed by atoms with Crippen molar-refractivity contribution in [3.8, 4) is 11.3 Å². The van der Waals surface area contributed by atoms with Crippen molar-refractivity contribution in [3.63, 3.8) is 0 Å². The zero-order valence-electron chi connectivity index (χ0n) is 17.3. The number of aromatic nitrogens is 2. The maximum atomic E-state index is 13.2. The van der Waals surface area contributed by atoms with Crippen LogP contribution in [0, 0.1) is 5.41 Å². The summed E-state index contributed by atoms with van der Waals surface area (Å²) < 4.78 is 6.13. The van der Waals surface area contributed by atoms with Crippen molar-refractivity contribution in [2.45, 2.75) is 32.6 Å². The molecule has 9 heteroatoms. The van der Waals surface area contributed by atoms with Gasteiger partial charge in [0.05, 0.1) is 16.5 Å². The Morgan fingerprint density at radius 1 is 1.03 bits per heavy atom. The molecule has 3 aromatic rings. The SMILES string of the molecule is CC1(C)CC(=O)C2=C(C1)Nc1[nH]c(=O)[nH]c(=O)c1[C@H]2c1ccc(-c2cc(Cl)ccc2Cl)o1. The van der Waals surface area contributed by atoms with Crippen LogP contribution in [0.3, 0.4) is 0 Å². The van der Waals surface area contributed by atoms with Gasteiger partial charge in [0.2, 0.25) is 0 Å². The third-order valence-electron chi connectivity index (χ3n) is 5.86. The summed E-state index contributed by atoms with van der Waals surface area (Å²) in [5, 5.41) is 4.08. The lowest BCUT2D eigenvalue weighted by molar-refractivity contribution is -0.118. The smallest absolute Gasteiger partial charge is 0.327 e. The molecule has 0 fully saturated rings. The molecule has 7 nitrogen and oxygen atoms in total. The van der Waals surface area contributed by atoms with E-state index in [4.69, 9.17) is 27.6 Å². The van der Waals surface area contributed by atoms with E-state index >= 15 is 0 Å². The molecule has 0 unspecified atom stereocenters. The van der Waals surface area contributed by atoms with Crippen LogP contribution in [0.4, 0.5) is 5.82 Å². The van der Waals surface area contributed by atoms with Crippen molar-refractivity contribution >= 4 is 34.8 Å². The van der Waals surface area contributed by atoms with Gasteiger partial charge in [0, 0.05) is 28.3 Å². The van der Waals surface area contributed by atoms with Crippen LogP contribution in [-0.2, 0) is 4.79 Å². The number of ketones is 1. The molecule has 0 spiro atoms. The van der Waals surface area contributed by atoms with E-state index in [9.17, 15) is 14.4 Å². The van der Waals surface area contributed by atoms with Crippen LogP contribution in [0.5, 0.6) is 0 Å². The molecule has 0 bridgehead atoms. The summed E-state index contributed by atoms with van der Waals surface area (Å²) in [4.78, 5) is 42.9.